The van der Waals surface area contributed by atoms with Crippen LogP contribution in [0.2, 0.25) is 5.02 Å². The fourth-order valence-corrected chi connectivity index (χ4v) is 6.27. The Bertz CT molecular complexity index is 1050. The molecule has 1 aliphatic carbocycles. The second-order valence-electron chi connectivity index (χ2n) is 8.21. The highest BCUT2D eigenvalue weighted by Gasteiger charge is 2.33. The van der Waals surface area contributed by atoms with Crippen LogP contribution in [0.25, 0.3) is 0 Å². The number of piperidine rings is 1. The fraction of sp³-hybridized carbons (Fsp3) is 0.435. The lowest BCUT2D eigenvalue weighted by atomic mass is 9.96. The van der Waals surface area contributed by atoms with Gasteiger partial charge in [-0.25, -0.2) is 8.42 Å². The number of hydrogen-bond acceptors (Lipinski definition) is 3. The van der Waals surface area contributed by atoms with Gasteiger partial charge in [0.15, 0.2) is 0 Å². The standard InChI is InChI=1S/C23H27ClN2O3S/c1-16(21-7-2-3-8-22(21)24)25-23(27)18-11-13-26(14-12-18)30(28,29)20-10-9-17-5-4-6-19(17)15-20/h2-3,7-10,15-16,18H,4-6,11-14H2,1H3,(H,25,27)/t16-/m1/s1. The van der Waals surface area contributed by atoms with Crippen LogP contribution in [0.15, 0.2) is 47.4 Å². The number of aryl methyl sites for hydroxylation is 2. The van der Waals surface area contributed by atoms with Crippen molar-refractivity contribution >= 4 is 27.5 Å². The predicted octanol–water partition coefficient (Wildman–Crippen LogP) is 4.11. The third kappa shape index (κ3) is 4.27. The van der Waals surface area contributed by atoms with Gasteiger partial charge in [0.1, 0.15) is 0 Å². The van der Waals surface area contributed by atoms with E-state index in [9.17, 15) is 13.2 Å². The number of halogens is 1. The van der Waals surface area contributed by atoms with Crippen molar-refractivity contribution in [3.8, 4) is 0 Å². The van der Waals surface area contributed by atoms with Crippen LogP contribution in [-0.2, 0) is 27.7 Å². The quantitative estimate of drug-likeness (QED) is 0.751. The fourth-order valence-electron chi connectivity index (χ4n) is 4.45. The number of carbonyl (C=O) groups is 1. The number of nitrogens with one attached hydrogen (secondary N) is 1. The normalized spacial score (nSPS) is 18.7. The van der Waals surface area contributed by atoms with Gasteiger partial charge in [0.05, 0.1) is 10.9 Å². The second kappa shape index (κ2) is 8.69. The number of fused-ring (bicyclic) bond motifs is 1. The van der Waals surface area contributed by atoms with Crippen LogP contribution < -0.4 is 5.32 Å². The molecule has 2 aromatic carbocycles. The van der Waals surface area contributed by atoms with E-state index in [-0.39, 0.29) is 17.9 Å². The zero-order valence-electron chi connectivity index (χ0n) is 17.1. The average molecular weight is 447 g/mol. The molecule has 4 rings (SSSR count). The summed E-state index contributed by atoms with van der Waals surface area (Å²) < 4.78 is 27.7. The predicted molar refractivity (Wildman–Crippen MR) is 118 cm³/mol. The lowest BCUT2D eigenvalue weighted by Crippen LogP contribution is -2.43. The van der Waals surface area contributed by atoms with E-state index >= 15 is 0 Å². The SMILES string of the molecule is C[C@@H](NC(=O)C1CCN(S(=O)(=O)c2ccc3c(c2)CCC3)CC1)c1ccccc1Cl. The van der Waals surface area contributed by atoms with Crippen molar-refractivity contribution in [2.24, 2.45) is 5.92 Å². The molecule has 0 spiro atoms. The van der Waals surface area contributed by atoms with Crippen LogP contribution in [-0.4, -0.2) is 31.7 Å². The minimum absolute atomic E-state index is 0.0444. The molecule has 1 fully saturated rings. The highest BCUT2D eigenvalue weighted by atomic mass is 35.5. The van der Waals surface area contributed by atoms with Gasteiger partial charge in [0.25, 0.3) is 0 Å². The number of sulfonamides is 1. The molecule has 1 amide bonds. The summed E-state index contributed by atoms with van der Waals surface area (Å²) in [5.74, 6) is -0.238. The van der Waals surface area contributed by atoms with Gasteiger partial charge in [-0.15, -0.1) is 0 Å². The van der Waals surface area contributed by atoms with Crippen molar-refractivity contribution in [2.45, 2.75) is 50.0 Å². The van der Waals surface area contributed by atoms with Gasteiger partial charge in [0, 0.05) is 24.0 Å². The van der Waals surface area contributed by atoms with Gasteiger partial charge in [-0.2, -0.15) is 4.31 Å². The van der Waals surface area contributed by atoms with Gasteiger partial charge in [-0.3, -0.25) is 4.79 Å². The number of rotatable bonds is 5. The summed E-state index contributed by atoms with van der Waals surface area (Å²) in [6, 6.07) is 12.8. The summed E-state index contributed by atoms with van der Waals surface area (Å²) >= 11 is 6.23. The number of benzene rings is 2. The number of carbonyl (C=O) groups excluding carboxylic acids is 1. The molecule has 7 heteroatoms. The summed E-state index contributed by atoms with van der Waals surface area (Å²) in [5.41, 5.74) is 3.29. The first-order chi connectivity index (χ1) is 14.4. The van der Waals surface area contributed by atoms with E-state index in [2.05, 4.69) is 5.32 Å². The molecule has 2 aliphatic rings. The lowest BCUT2D eigenvalue weighted by Gasteiger charge is -2.31. The molecular formula is C23H27ClN2O3S. The maximum Gasteiger partial charge on any atom is 0.243 e. The Kier molecular flexibility index (Phi) is 6.19. The molecule has 1 aliphatic heterocycles. The van der Waals surface area contributed by atoms with Crippen LogP contribution in [0.4, 0.5) is 0 Å². The van der Waals surface area contributed by atoms with E-state index in [1.54, 1.807) is 6.07 Å². The van der Waals surface area contributed by atoms with Crippen LogP contribution >= 0.6 is 11.6 Å². The van der Waals surface area contributed by atoms with Gasteiger partial charge in [-0.1, -0.05) is 35.9 Å². The first kappa shape index (κ1) is 21.3. The van der Waals surface area contributed by atoms with Crippen molar-refractivity contribution in [1.82, 2.24) is 9.62 Å². The van der Waals surface area contributed by atoms with Crippen molar-refractivity contribution in [1.29, 1.82) is 0 Å². The zero-order chi connectivity index (χ0) is 21.3. The van der Waals surface area contributed by atoms with Gasteiger partial charge in [0.2, 0.25) is 15.9 Å². The Balaban J connectivity index is 1.37. The molecule has 1 N–H and O–H groups in total. The summed E-state index contributed by atoms with van der Waals surface area (Å²) in [6.45, 7) is 2.63. The Morgan fingerprint density at radius 2 is 1.80 bits per heavy atom. The maximum absolute atomic E-state index is 13.1. The van der Waals surface area contributed by atoms with E-state index in [1.165, 1.54) is 9.87 Å². The molecule has 0 saturated carbocycles. The Morgan fingerprint density at radius 1 is 1.10 bits per heavy atom. The van der Waals surface area contributed by atoms with E-state index < -0.39 is 10.0 Å². The molecule has 30 heavy (non-hydrogen) atoms. The summed E-state index contributed by atoms with van der Waals surface area (Å²) in [6.07, 6.45) is 4.11. The molecule has 0 unspecified atom stereocenters. The molecule has 1 heterocycles. The van der Waals surface area contributed by atoms with E-state index in [4.69, 9.17) is 11.6 Å². The van der Waals surface area contributed by atoms with Crippen molar-refractivity contribution in [3.05, 3.63) is 64.2 Å². The van der Waals surface area contributed by atoms with Gasteiger partial charge < -0.3 is 5.32 Å². The molecule has 1 atom stereocenters. The third-order valence-electron chi connectivity index (χ3n) is 6.26. The smallest absolute Gasteiger partial charge is 0.243 e. The molecule has 0 bridgehead atoms. The highest BCUT2D eigenvalue weighted by molar-refractivity contribution is 7.89. The minimum atomic E-state index is -3.52. The molecule has 0 aromatic heterocycles. The Morgan fingerprint density at radius 3 is 2.53 bits per heavy atom. The van der Waals surface area contributed by atoms with Crippen LogP contribution in [0.1, 0.15) is 48.9 Å². The summed E-state index contributed by atoms with van der Waals surface area (Å²) in [4.78, 5) is 13.1. The summed E-state index contributed by atoms with van der Waals surface area (Å²) in [5, 5.41) is 3.65. The minimum Gasteiger partial charge on any atom is -0.349 e. The first-order valence-corrected chi connectivity index (χ1v) is 12.3. The molecule has 0 radical (unpaired) electrons. The molecule has 5 nitrogen and oxygen atoms in total. The topological polar surface area (TPSA) is 66.5 Å². The second-order valence-corrected chi connectivity index (χ2v) is 10.6. The molecular weight excluding hydrogens is 420 g/mol. The van der Waals surface area contributed by atoms with E-state index in [0.29, 0.717) is 35.8 Å². The number of hydrogen-bond donors (Lipinski definition) is 1. The first-order valence-electron chi connectivity index (χ1n) is 10.5. The van der Waals surface area contributed by atoms with Gasteiger partial charge >= 0.3 is 0 Å². The van der Waals surface area contributed by atoms with E-state index in [0.717, 1.165) is 30.4 Å². The Labute approximate surface area is 183 Å². The lowest BCUT2D eigenvalue weighted by molar-refractivity contribution is -0.126. The van der Waals surface area contributed by atoms with Crippen molar-refractivity contribution < 1.29 is 13.2 Å². The number of nitrogens with zero attached hydrogens (tertiary/aromatic N) is 1. The highest BCUT2D eigenvalue weighted by Crippen LogP contribution is 2.29. The van der Waals surface area contributed by atoms with Crippen LogP contribution in [0.5, 0.6) is 0 Å². The average Bonchev–Trinajstić information content (AvgIpc) is 3.22. The zero-order valence-corrected chi connectivity index (χ0v) is 18.7. The van der Waals surface area contributed by atoms with E-state index in [1.807, 2.05) is 43.3 Å². The maximum atomic E-state index is 13.1. The molecule has 160 valence electrons. The monoisotopic (exact) mass is 446 g/mol. The van der Waals surface area contributed by atoms with Crippen molar-refractivity contribution in [2.75, 3.05) is 13.1 Å². The van der Waals surface area contributed by atoms with Crippen molar-refractivity contribution in [3.63, 3.8) is 0 Å². The largest absolute Gasteiger partial charge is 0.349 e. The van der Waals surface area contributed by atoms with Crippen LogP contribution in [0.3, 0.4) is 0 Å². The third-order valence-corrected chi connectivity index (χ3v) is 8.50. The molecule has 1 saturated heterocycles. The Hall–Kier alpha value is -1.89. The van der Waals surface area contributed by atoms with Crippen LogP contribution in [0, 0.1) is 5.92 Å². The summed E-state index contributed by atoms with van der Waals surface area (Å²) in [7, 11) is -3.52. The molecule has 2 aromatic rings. The number of amides is 1. The van der Waals surface area contributed by atoms with Gasteiger partial charge in [-0.05, 0) is 73.9 Å².